The highest BCUT2D eigenvalue weighted by Crippen LogP contribution is 2.33. The molecule has 0 bridgehead atoms. The Balaban J connectivity index is 2.44. The summed E-state index contributed by atoms with van der Waals surface area (Å²) in [5.41, 5.74) is 1.11. The van der Waals surface area contributed by atoms with Crippen molar-refractivity contribution < 1.29 is 27.5 Å². The quantitative estimate of drug-likeness (QED) is 0.640. The molecule has 0 aliphatic carbocycles. The normalized spacial score (nSPS) is 11.4. The molecule has 0 radical (unpaired) electrons. The molecule has 1 aromatic carbocycles. The summed E-state index contributed by atoms with van der Waals surface area (Å²) in [6.45, 7) is 6.98. The van der Waals surface area contributed by atoms with Gasteiger partial charge < -0.3 is 14.8 Å². The molecule has 0 aliphatic heterocycles. The van der Waals surface area contributed by atoms with Crippen molar-refractivity contribution in [1.82, 2.24) is 4.72 Å². The Bertz CT molecular complexity index is 1040. The van der Waals surface area contributed by atoms with E-state index in [1.54, 1.807) is 20.8 Å². The van der Waals surface area contributed by atoms with Crippen LogP contribution in [0, 0.1) is 13.8 Å². The molecular formula is C19H24N2O6S2. The highest BCUT2D eigenvalue weighted by atomic mass is 32.2. The number of anilines is 1. The molecule has 1 heterocycles. The molecule has 0 aliphatic rings. The largest absolute Gasteiger partial charge is 0.495 e. The van der Waals surface area contributed by atoms with Gasteiger partial charge in [0.05, 0.1) is 19.8 Å². The smallest absolute Gasteiger partial charge is 0.341 e. The van der Waals surface area contributed by atoms with Gasteiger partial charge >= 0.3 is 5.97 Å². The van der Waals surface area contributed by atoms with Crippen molar-refractivity contribution in [1.29, 1.82) is 0 Å². The topological polar surface area (TPSA) is 111 Å². The van der Waals surface area contributed by atoms with Crippen LogP contribution < -0.4 is 14.8 Å². The minimum atomic E-state index is -3.89. The second-order valence-electron chi connectivity index (χ2n) is 6.57. The van der Waals surface area contributed by atoms with Crippen LogP contribution in [0.3, 0.4) is 0 Å². The van der Waals surface area contributed by atoms with E-state index in [1.165, 1.54) is 43.8 Å². The number of hydrogen-bond acceptors (Lipinski definition) is 7. The van der Waals surface area contributed by atoms with Gasteiger partial charge in [0, 0.05) is 16.5 Å². The van der Waals surface area contributed by atoms with Gasteiger partial charge in [-0.1, -0.05) is 0 Å². The average Bonchev–Trinajstić information content (AvgIpc) is 2.93. The molecule has 0 atom stereocenters. The monoisotopic (exact) mass is 440 g/mol. The summed E-state index contributed by atoms with van der Waals surface area (Å²) in [4.78, 5) is 25.6. The number of sulfonamides is 1. The fourth-order valence-corrected chi connectivity index (χ4v) is 5.13. The van der Waals surface area contributed by atoms with E-state index in [2.05, 4.69) is 10.0 Å². The highest BCUT2D eigenvalue weighted by Gasteiger charge is 2.25. The van der Waals surface area contributed by atoms with E-state index in [9.17, 15) is 18.0 Å². The van der Waals surface area contributed by atoms with Gasteiger partial charge in [-0.05, 0) is 51.5 Å². The zero-order valence-corrected chi connectivity index (χ0v) is 18.7. The molecule has 0 saturated carbocycles. The summed E-state index contributed by atoms with van der Waals surface area (Å²) in [6, 6.07) is 3.77. The third-order valence-corrected chi connectivity index (χ3v) is 6.91. The number of esters is 1. The van der Waals surface area contributed by atoms with E-state index in [0.29, 0.717) is 5.00 Å². The first kappa shape index (κ1) is 22.9. The Hall–Kier alpha value is -2.43. The molecule has 1 aromatic heterocycles. The number of carbonyl (C=O) groups is 2. The van der Waals surface area contributed by atoms with Crippen LogP contribution in [0.4, 0.5) is 5.00 Å². The van der Waals surface area contributed by atoms with Crippen molar-refractivity contribution in [3.05, 3.63) is 39.8 Å². The van der Waals surface area contributed by atoms with E-state index in [-0.39, 0.29) is 27.8 Å². The molecular weight excluding hydrogens is 416 g/mol. The first-order chi connectivity index (χ1) is 13.5. The standard InChI is InChI=1S/C19H24N2O6S2/c1-10(2)21-29(24,25)15-9-13(7-8-14(15)26-5)17(22)20-18-16(19(23)27-6)11(3)12(4)28-18/h7-10,21H,1-6H3,(H,20,22). The van der Waals surface area contributed by atoms with Crippen molar-refractivity contribution in [3.63, 3.8) is 0 Å². The number of hydrogen-bond donors (Lipinski definition) is 2. The van der Waals surface area contributed by atoms with Gasteiger partial charge in [0.1, 0.15) is 15.6 Å². The number of amides is 1. The maximum absolute atomic E-state index is 12.8. The second kappa shape index (κ2) is 8.93. The predicted molar refractivity (Wildman–Crippen MR) is 112 cm³/mol. The number of aryl methyl sites for hydroxylation is 1. The predicted octanol–water partition coefficient (Wildman–Crippen LogP) is 3.10. The summed E-state index contributed by atoms with van der Waals surface area (Å²) in [5.74, 6) is -0.992. The summed E-state index contributed by atoms with van der Waals surface area (Å²) in [6.07, 6.45) is 0. The number of thiophene rings is 1. The SMILES string of the molecule is COC(=O)c1c(NC(=O)c2ccc(OC)c(S(=O)(=O)NC(C)C)c2)sc(C)c1C. The fourth-order valence-electron chi connectivity index (χ4n) is 2.64. The van der Waals surface area contributed by atoms with Crippen LogP contribution in [-0.4, -0.2) is 40.6 Å². The molecule has 2 aromatic rings. The zero-order valence-electron chi connectivity index (χ0n) is 17.1. The maximum Gasteiger partial charge on any atom is 0.341 e. The lowest BCUT2D eigenvalue weighted by atomic mass is 10.1. The molecule has 10 heteroatoms. The van der Waals surface area contributed by atoms with Gasteiger partial charge in [-0.15, -0.1) is 11.3 Å². The summed E-state index contributed by atoms with van der Waals surface area (Å²) < 4.78 is 37.6. The molecule has 8 nitrogen and oxygen atoms in total. The number of carbonyl (C=O) groups excluding carboxylic acids is 2. The third kappa shape index (κ3) is 4.95. The molecule has 0 spiro atoms. The number of ether oxygens (including phenoxy) is 2. The molecule has 2 N–H and O–H groups in total. The van der Waals surface area contributed by atoms with E-state index in [4.69, 9.17) is 9.47 Å². The lowest BCUT2D eigenvalue weighted by Crippen LogP contribution is -2.30. The molecule has 29 heavy (non-hydrogen) atoms. The average molecular weight is 441 g/mol. The fraction of sp³-hybridized carbons (Fsp3) is 0.368. The van der Waals surface area contributed by atoms with Gasteiger partial charge in [-0.2, -0.15) is 0 Å². The Morgan fingerprint density at radius 3 is 2.34 bits per heavy atom. The number of rotatable bonds is 7. The van der Waals surface area contributed by atoms with Crippen LogP contribution in [0.25, 0.3) is 0 Å². The Morgan fingerprint density at radius 1 is 1.14 bits per heavy atom. The molecule has 1 amide bonds. The van der Waals surface area contributed by atoms with Gasteiger partial charge in [0.25, 0.3) is 5.91 Å². The Labute approximate surface area is 174 Å². The van der Waals surface area contributed by atoms with E-state index < -0.39 is 21.9 Å². The van der Waals surface area contributed by atoms with Crippen LogP contribution in [0.1, 0.15) is 45.0 Å². The van der Waals surface area contributed by atoms with Crippen LogP contribution >= 0.6 is 11.3 Å². The van der Waals surface area contributed by atoms with Gasteiger partial charge in [-0.3, -0.25) is 4.79 Å². The molecule has 0 unspecified atom stereocenters. The highest BCUT2D eigenvalue weighted by molar-refractivity contribution is 7.89. The van der Waals surface area contributed by atoms with Crippen molar-refractivity contribution in [2.45, 2.75) is 38.6 Å². The number of benzene rings is 1. The van der Waals surface area contributed by atoms with Crippen LogP contribution in [-0.2, 0) is 14.8 Å². The van der Waals surface area contributed by atoms with E-state index in [0.717, 1.165) is 10.4 Å². The minimum absolute atomic E-state index is 0.106. The summed E-state index contributed by atoms with van der Waals surface area (Å²) in [5, 5.41) is 3.03. The van der Waals surface area contributed by atoms with E-state index in [1.807, 2.05) is 6.92 Å². The van der Waals surface area contributed by atoms with Crippen LogP contribution in [0.5, 0.6) is 5.75 Å². The molecule has 158 valence electrons. The van der Waals surface area contributed by atoms with Crippen molar-refractivity contribution in [2.75, 3.05) is 19.5 Å². The second-order valence-corrected chi connectivity index (χ2v) is 9.48. The lowest BCUT2D eigenvalue weighted by Gasteiger charge is -2.14. The van der Waals surface area contributed by atoms with Crippen molar-refractivity contribution in [2.24, 2.45) is 0 Å². The first-order valence-corrected chi connectivity index (χ1v) is 11.0. The summed E-state index contributed by atoms with van der Waals surface area (Å²) >= 11 is 1.25. The van der Waals surface area contributed by atoms with Gasteiger partial charge in [0.15, 0.2) is 0 Å². The van der Waals surface area contributed by atoms with Crippen molar-refractivity contribution >= 4 is 38.2 Å². The first-order valence-electron chi connectivity index (χ1n) is 8.71. The van der Waals surface area contributed by atoms with E-state index >= 15 is 0 Å². The van der Waals surface area contributed by atoms with Crippen LogP contribution in [0.15, 0.2) is 23.1 Å². The molecule has 0 saturated heterocycles. The molecule has 0 fully saturated rings. The lowest BCUT2D eigenvalue weighted by molar-refractivity contribution is 0.0601. The maximum atomic E-state index is 12.8. The summed E-state index contributed by atoms with van der Waals surface area (Å²) in [7, 11) is -1.27. The van der Waals surface area contributed by atoms with Gasteiger partial charge in [0.2, 0.25) is 10.0 Å². The molecule has 2 rings (SSSR count). The number of nitrogens with one attached hydrogen (secondary N) is 2. The Morgan fingerprint density at radius 2 is 1.79 bits per heavy atom. The van der Waals surface area contributed by atoms with Crippen molar-refractivity contribution in [3.8, 4) is 5.75 Å². The minimum Gasteiger partial charge on any atom is -0.495 e. The third-order valence-electron chi connectivity index (χ3n) is 4.11. The Kier molecular flexibility index (Phi) is 7.04. The zero-order chi connectivity index (χ0) is 21.9. The number of methoxy groups -OCH3 is 2. The van der Waals surface area contributed by atoms with Gasteiger partial charge in [-0.25, -0.2) is 17.9 Å². The van der Waals surface area contributed by atoms with Crippen LogP contribution in [0.2, 0.25) is 0 Å².